The molecule has 0 radical (unpaired) electrons. The predicted molar refractivity (Wildman–Crippen MR) is 111 cm³/mol. The van der Waals surface area contributed by atoms with Crippen molar-refractivity contribution in [2.45, 2.75) is 56.9 Å². The standard InChI is InChI=1S/C23H28N4O3/c28-13-22(21(29)30,11-19-1-3-24-14-26-19)12-20-2-4-25-15-27(20)23-8-16-5-17(9-23)7-18(6-16)10-23/h1-4,13-14,16-18H,5-12,15H2,(H,29,30). The van der Waals surface area contributed by atoms with Crippen molar-refractivity contribution in [3.8, 4) is 0 Å². The van der Waals surface area contributed by atoms with E-state index in [1.807, 2.05) is 6.08 Å². The molecule has 1 aromatic heterocycles. The number of carboxylic acid groups (broad SMARTS) is 1. The number of nitrogens with zero attached hydrogens (tertiary/aromatic N) is 4. The first kappa shape index (κ1) is 19.4. The summed E-state index contributed by atoms with van der Waals surface area (Å²) < 4.78 is 0. The maximum atomic E-state index is 12.3. The maximum absolute atomic E-state index is 12.3. The molecule has 0 saturated heterocycles. The van der Waals surface area contributed by atoms with E-state index in [9.17, 15) is 14.7 Å². The molecule has 0 amide bonds. The minimum absolute atomic E-state index is 0.0531. The average Bonchev–Trinajstić information content (AvgIpc) is 2.73. The number of aldehydes is 1. The van der Waals surface area contributed by atoms with Crippen LogP contribution < -0.4 is 0 Å². The van der Waals surface area contributed by atoms with Gasteiger partial charge in [0.1, 0.15) is 24.7 Å². The number of rotatable bonds is 7. The molecule has 1 N–H and O–H groups in total. The molecule has 1 aliphatic heterocycles. The topological polar surface area (TPSA) is 95.8 Å². The zero-order valence-corrected chi connectivity index (χ0v) is 17.1. The molecule has 30 heavy (non-hydrogen) atoms. The van der Waals surface area contributed by atoms with Crippen LogP contribution in [-0.4, -0.2) is 50.7 Å². The monoisotopic (exact) mass is 408 g/mol. The molecule has 4 fully saturated rings. The number of hydrogen-bond donors (Lipinski definition) is 1. The van der Waals surface area contributed by atoms with Crippen LogP contribution in [0.4, 0.5) is 0 Å². The van der Waals surface area contributed by atoms with E-state index in [1.165, 1.54) is 44.9 Å². The third-order valence-corrected chi connectivity index (χ3v) is 7.81. The summed E-state index contributed by atoms with van der Waals surface area (Å²) in [5.41, 5.74) is 0.00758. The van der Waals surface area contributed by atoms with Crippen LogP contribution in [0.15, 0.2) is 35.4 Å². The first-order valence-electron chi connectivity index (χ1n) is 10.9. The van der Waals surface area contributed by atoms with Gasteiger partial charge in [0, 0.05) is 42.2 Å². The Morgan fingerprint density at radius 1 is 1.20 bits per heavy atom. The normalized spacial score (nSPS) is 33.8. The van der Waals surface area contributed by atoms with Crippen molar-refractivity contribution in [3.05, 3.63) is 36.1 Å². The maximum Gasteiger partial charge on any atom is 0.317 e. The summed E-state index contributed by atoms with van der Waals surface area (Å²) in [7, 11) is 0. The van der Waals surface area contributed by atoms with Gasteiger partial charge in [-0.15, -0.1) is 0 Å². The minimum atomic E-state index is -1.55. The highest BCUT2D eigenvalue weighted by molar-refractivity contribution is 5.93. The van der Waals surface area contributed by atoms with Gasteiger partial charge >= 0.3 is 5.97 Å². The van der Waals surface area contributed by atoms with Crippen molar-refractivity contribution in [2.75, 3.05) is 6.67 Å². The van der Waals surface area contributed by atoms with Gasteiger partial charge in [-0.1, -0.05) is 0 Å². The Labute approximate surface area is 176 Å². The number of aromatic nitrogens is 2. The molecule has 1 aromatic rings. The van der Waals surface area contributed by atoms with Gasteiger partial charge in [-0.25, -0.2) is 9.97 Å². The molecule has 7 heteroatoms. The third kappa shape index (κ3) is 3.24. The molecule has 6 rings (SSSR count). The minimum Gasteiger partial charge on any atom is -0.480 e. The van der Waals surface area contributed by atoms with Gasteiger partial charge in [0.25, 0.3) is 0 Å². The molecule has 0 aromatic carbocycles. The van der Waals surface area contributed by atoms with Crippen LogP contribution in [0.1, 0.15) is 50.6 Å². The molecule has 1 atom stereocenters. The molecule has 4 bridgehead atoms. The Bertz CT molecular complexity index is 862. The summed E-state index contributed by atoms with van der Waals surface area (Å²) in [6.07, 6.45) is 15.0. The fourth-order valence-electron chi connectivity index (χ4n) is 6.87. The molecule has 158 valence electrons. The highest BCUT2D eigenvalue weighted by Gasteiger charge is 2.55. The Kier molecular flexibility index (Phi) is 4.71. The molecule has 5 aliphatic rings. The van der Waals surface area contributed by atoms with Crippen LogP contribution in [0.25, 0.3) is 0 Å². The van der Waals surface area contributed by atoms with Crippen LogP contribution >= 0.6 is 0 Å². The summed E-state index contributed by atoms with van der Waals surface area (Å²) in [4.78, 5) is 39.5. The number of aliphatic imine (C=N–C) groups is 1. The van der Waals surface area contributed by atoms with E-state index in [2.05, 4.69) is 19.9 Å². The molecule has 1 unspecified atom stereocenters. The van der Waals surface area contributed by atoms with Crippen LogP contribution in [0, 0.1) is 23.2 Å². The van der Waals surface area contributed by atoms with E-state index in [0.29, 0.717) is 18.6 Å². The molecule has 4 saturated carbocycles. The second-order valence-electron chi connectivity index (χ2n) is 9.83. The molecule has 4 aliphatic carbocycles. The number of hydrogen-bond acceptors (Lipinski definition) is 6. The zero-order chi connectivity index (χ0) is 20.8. The molecule has 2 heterocycles. The number of carbonyl (C=O) groups is 2. The van der Waals surface area contributed by atoms with Crippen molar-refractivity contribution in [1.29, 1.82) is 0 Å². The lowest BCUT2D eigenvalue weighted by Gasteiger charge is -2.61. The second-order valence-corrected chi connectivity index (χ2v) is 9.83. The largest absolute Gasteiger partial charge is 0.480 e. The summed E-state index contributed by atoms with van der Waals surface area (Å²) in [6, 6.07) is 1.68. The molecular weight excluding hydrogens is 380 g/mol. The summed E-state index contributed by atoms with van der Waals surface area (Å²) in [5.74, 6) is 1.23. The SMILES string of the molecule is O=CC(CC1=CC=NCN1C12CC3CC(CC(C3)C1)C2)(Cc1ccncn1)C(=O)O. The highest BCUT2D eigenvalue weighted by atomic mass is 16.4. The number of allylic oxidation sites excluding steroid dienone is 2. The van der Waals surface area contributed by atoms with Crippen LogP contribution in [0.5, 0.6) is 0 Å². The summed E-state index contributed by atoms with van der Waals surface area (Å²) in [6.45, 7) is 0.556. The number of carbonyl (C=O) groups excluding carboxylic acids is 1. The first-order chi connectivity index (χ1) is 14.5. The fraction of sp³-hybridized carbons (Fsp3) is 0.609. The average molecular weight is 409 g/mol. The lowest BCUT2D eigenvalue weighted by atomic mass is 9.52. The number of aliphatic carboxylic acids is 1. The molecular formula is C23H28N4O3. The fourth-order valence-corrected chi connectivity index (χ4v) is 6.87. The lowest BCUT2D eigenvalue weighted by molar-refractivity contribution is -0.152. The van der Waals surface area contributed by atoms with Gasteiger partial charge in [0.05, 0.1) is 0 Å². The highest BCUT2D eigenvalue weighted by Crippen LogP contribution is 2.58. The predicted octanol–water partition coefficient (Wildman–Crippen LogP) is 2.88. The van der Waals surface area contributed by atoms with Crippen LogP contribution in [-0.2, 0) is 16.0 Å². The zero-order valence-electron chi connectivity index (χ0n) is 17.1. The van der Waals surface area contributed by atoms with E-state index < -0.39 is 11.4 Å². The van der Waals surface area contributed by atoms with Crippen molar-refractivity contribution in [2.24, 2.45) is 28.2 Å². The quantitative estimate of drug-likeness (QED) is 0.551. The van der Waals surface area contributed by atoms with Gasteiger partial charge < -0.3 is 14.8 Å². The third-order valence-electron chi connectivity index (χ3n) is 7.81. The van der Waals surface area contributed by atoms with E-state index in [1.54, 1.807) is 18.5 Å². The van der Waals surface area contributed by atoms with Crippen molar-refractivity contribution in [1.82, 2.24) is 14.9 Å². The summed E-state index contributed by atoms with van der Waals surface area (Å²) >= 11 is 0. The Morgan fingerprint density at radius 3 is 2.47 bits per heavy atom. The van der Waals surface area contributed by atoms with Gasteiger partial charge in [-0.2, -0.15) is 0 Å². The van der Waals surface area contributed by atoms with Crippen LogP contribution in [0.2, 0.25) is 0 Å². The smallest absolute Gasteiger partial charge is 0.317 e. The first-order valence-corrected chi connectivity index (χ1v) is 10.9. The van der Waals surface area contributed by atoms with E-state index >= 15 is 0 Å². The van der Waals surface area contributed by atoms with Crippen molar-refractivity contribution in [3.63, 3.8) is 0 Å². The second kappa shape index (κ2) is 7.29. The van der Waals surface area contributed by atoms with Gasteiger partial charge in [0.2, 0.25) is 0 Å². The Morgan fingerprint density at radius 2 is 1.90 bits per heavy atom. The van der Waals surface area contributed by atoms with Crippen molar-refractivity contribution >= 4 is 18.5 Å². The number of carboxylic acids is 1. The van der Waals surface area contributed by atoms with Gasteiger partial charge in [-0.3, -0.25) is 9.79 Å². The van der Waals surface area contributed by atoms with Crippen molar-refractivity contribution < 1.29 is 14.7 Å². The molecule has 7 nitrogen and oxygen atoms in total. The van der Waals surface area contributed by atoms with Gasteiger partial charge in [-0.05, 0) is 68.4 Å². The van der Waals surface area contributed by atoms with Crippen LogP contribution in [0.3, 0.4) is 0 Å². The van der Waals surface area contributed by atoms with E-state index in [-0.39, 0.29) is 18.4 Å². The van der Waals surface area contributed by atoms with E-state index in [0.717, 1.165) is 23.5 Å². The lowest BCUT2D eigenvalue weighted by Crippen LogP contribution is -2.60. The Balaban J connectivity index is 1.45. The van der Waals surface area contributed by atoms with Gasteiger partial charge in [0.15, 0.2) is 0 Å². The Hall–Kier alpha value is -2.57. The molecule has 0 spiro atoms. The summed E-state index contributed by atoms with van der Waals surface area (Å²) in [5, 5.41) is 10.1. The van der Waals surface area contributed by atoms with E-state index in [4.69, 9.17) is 0 Å².